The van der Waals surface area contributed by atoms with Crippen LogP contribution in [0.3, 0.4) is 0 Å². The summed E-state index contributed by atoms with van der Waals surface area (Å²) in [5.74, 6) is 1.25. The van der Waals surface area contributed by atoms with Gasteiger partial charge in [0.2, 0.25) is 0 Å². The van der Waals surface area contributed by atoms with Gasteiger partial charge in [-0.15, -0.1) is 0 Å². The fourth-order valence-electron chi connectivity index (χ4n) is 3.12. The molecule has 20 heavy (non-hydrogen) atoms. The van der Waals surface area contributed by atoms with E-state index in [0.717, 1.165) is 44.7 Å². The van der Waals surface area contributed by atoms with Gasteiger partial charge in [0, 0.05) is 38.3 Å². The zero-order valence-electron chi connectivity index (χ0n) is 13.2. The number of nitrogens with two attached hydrogens (primary N) is 1. The van der Waals surface area contributed by atoms with Crippen molar-refractivity contribution >= 4 is 5.82 Å². The fourth-order valence-corrected chi connectivity index (χ4v) is 3.12. The molecule has 1 saturated heterocycles. The Morgan fingerprint density at radius 1 is 1.40 bits per heavy atom. The van der Waals surface area contributed by atoms with Crippen LogP contribution in [0.2, 0.25) is 0 Å². The summed E-state index contributed by atoms with van der Waals surface area (Å²) < 4.78 is 7.74. The summed E-state index contributed by atoms with van der Waals surface area (Å²) in [6.45, 7) is 9.08. The molecule has 2 rings (SSSR count). The summed E-state index contributed by atoms with van der Waals surface area (Å²) in [7, 11) is 2.03. The second kappa shape index (κ2) is 6.59. The number of aromatic nitrogens is 2. The number of hydrogen-bond acceptors (Lipinski definition) is 4. The topological polar surface area (TPSA) is 56.3 Å². The minimum Gasteiger partial charge on any atom is -0.378 e. The van der Waals surface area contributed by atoms with Gasteiger partial charge in [0.25, 0.3) is 0 Å². The summed E-state index contributed by atoms with van der Waals surface area (Å²) in [6.07, 6.45) is 3.49. The monoisotopic (exact) mass is 280 g/mol. The first-order valence-corrected chi connectivity index (χ1v) is 7.67. The second-order valence-corrected chi connectivity index (χ2v) is 5.83. The lowest BCUT2D eigenvalue weighted by Crippen LogP contribution is -2.38. The molecule has 114 valence electrons. The highest BCUT2D eigenvalue weighted by Crippen LogP contribution is 2.27. The predicted molar refractivity (Wildman–Crippen MR) is 82.2 cm³/mol. The molecule has 0 saturated carbocycles. The molecule has 0 bridgehead atoms. The number of ether oxygens (including phenoxy) is 1. The third-order valence-electron chi connectivity index (χ3n) is 3.98. The lowest BCUT2D eigenvalue weighted by Gasteiger charge is -2.34. The number of nitrogens with zero attached hydrogens (tertiary/aromatic N) is 3. The van der Waals surface area contributed by atoms with Gasteiger partial charge in [-0.05, 0) is 40.0 Å². The summed E-state index contributed by atoms with van der Waals surface area (Å²) in [4.78, 5) is 2.44. The molecule has 5 nitrogen and oxygen atoms in total. The highest BCUT2D eigenvalue weighted by Gasteiger charge is 2.25. The third kappa shape index (κ3) is 3.33. The van der Waals surface area contributed by atoms with Gasteiger partial charge in [0.05, 0.1) is 11.8 Å². The van der Waals surface area contributed by atoms with Gasteiger partial charge in [-0.25, -0.2) is 0 Å². The zero-order chi connectivity index (χ0) is 14.7. The van der Waals surface area contributed by atoms with Crippen molar-refractivity contribution in [3.8, 4) is 0 Å². The van der Waals surface area contributed by atoms with Gasteiger partial charge < -0.3 is 15.4 Å². The van der Waals surface area contributed by atoms with Gasteiger partial charge >= 0.3 is 0 Å². The van der Waals surface area contributed by atoms with Crippen molar-refractivity contribution < 1.29 is 4.74 Å². The van der Waals surface area contributed by atoms with E-state index in [0.29, 0.717) is 6.10 Å². The fraction of sp³-hybridized carbons (Fsp3) is 0.800. The number of hydrogen-bond donors (Lipinski definition) is 1. The predicted octanol–water partition coefficient (Wildman–Crippen LogP) is 1.62. The smallest absolute Gasteiger partial charge is 0.130 e. The van der Waals surface area contributed by atoms with Crippen LogP contribution < -0.4 is 10.6 Å². The van der Waals surface area contributed by atoms with E-state index in [1.54, 1.807) is 0 Å². The van der Waals surface area contributed by atoms with Crippen LogP contribution in [0.25, 0.3) is 0 Å². The highest BCUT2D eigenvalue weighted by molar-refractivity contribution is 5.51. The summed E-state index contributed by atoms with van der Waals surface area (Å²) in [6, 6.07) is 0.164. The number of anilines is 1. The van der Waals surface area contributed by atoms with E-state index in [9.17, 15) is 0 Å². The van der Waals surface area contributed by atoms with Crippen molar-refractivity contribution in [2.45, 2.75) is 52.2 Å². The second-order valence-electron chi connectivity index (χ2n) is 5.83. The molecule has 5 heteroatoms. The maximum Gasteiger partial charge on any atom is 0.130 e. The van der Waals surface area contributed by atoms with Crippen LogP contribution in [0.15, 0.2) is 0 Å². The lowest BCUT2D eigenvalue weighted by atomic mass is 10.0. The molecule has 0 aliphatic carbocycles. The molecular weight excluding hydrogens is 252 g/mol. The van der Waals surface area contributed by atoms with Crippen molar-refractivity contribution in [3.05, 3.63) is 11.3 Å². The Morgan fingerprint density at radius 3 is 2.60 bits per heavy atom. The van der Waals surface area contributed by atoms with Crippen LogP contribution in [-0.4, -0.2) is 41.6 Å². The minimum absolute atomic E-state index is 0.164. The van der Waals surface area contributed by atoms with Crippen LogP contribution in [0.4, 0.5) is 5.82 Å². The van der Waals surface area contributed by atoms with Crippen molar-refractivity contribution in [2.24, 2.45) is 12.8 Å². The standard InChI is InChI=1S/C15H28N4O/c1-5-20-13-6-8-19(9-7-13)15-14(10-11(2)16)12(3)17-18(15)4/h11,13H,5-10,16H2,1-4H3. The molecule has 0 radical (unpaired) electrons. The van der Waals surface area contributed by atoms with Gasteiger partial charge in [-0.1, -0.05) is 0 Å². The molecule has 1 aromatic rings. The molecule has 1 atom stereocenters. The van der Waals surface area contributed by atoms with E-state index in [4.69, 9.17) is 10.5 Å². The van der Waals surface area contributed by atoms with Gasteiger partial charge in [0.15, 0.2) is 0 Å². The molecule has 1 aliphatic rings. The third-order valence-corrected chi connectivity index (χ3v) is 3.98. The van der Waals surface area contributed by atoms with Crippen molar-refractivity contribution in [1.82, 2.24) is 9.78 Å². The number of rotatable bonds is 5. The quantitative estimate of drug-likeness (QED) is 0.890. The highest BCUT2D eigenvalue weighted by atomic mass is 16.5. The summed E-state index contributed by atoms with van der Waals surface area (Å²) in [5.41, 5.74) is 8.39. The minimum atomic E-state index is 0.164. The van der Waals surface area contributed by atoms with Crippen LogP contribution in [0, 0.1) is 6.92 Å². The van der Waals surface area contributed by atoms with Crippen LogP contribution in [0.5, 0.6) is 0 Å². The Balaban J connectivity index is 2.13. The van der Waals surface area contributed by atoms with E-state index < -0.39 is 0 Å². The maximum atomic E-state index is 5.99. The van der Waals surface area contributed by atoms with E-state index >= 15 is 0 Å². The summed E-state index contributed by atoms with van der Waals surface area (Å²) in [5, 5.41) is 4.58. The largest absolute Gasteiger partial charge is 0.378 e. The molecule has 0 aromatic carbocycles. The van der Waals surface area contributed by atoms with E-state index in [1.807, 2.05) is 11.7 Å². The van der Waals surface area contributed by atoms with Crippen molar-refractivity contribution in [1.29, 1.82) is 0 Å². The van der Waals surface area contributed by atoms with Gasteiger partial charge in [-0.2, -0.15) is 5.10 Å². The first-order chi connectivity index (χ1) is 9.52. The molecule has 2 heterocycles. The van der Waals surface area contributed by atoms with E-state index in [1.165, 1.54) is 11.4 Å². The summed E-state index contributed by atoms with van der Waals surface area (Å²) >= 11 is 0. The molecular formula is C15H28N4O. The first-order valence-electron chi connectivity index (χ1n) is 7.67. The average molecular weight is 280 g/mol. The van der Waals surface area contributed by atoms with Crippen LogP contribution in [-0.2, 0) is 18.2 Å². The maximum absolute atomic E-state index is 5.99. The van der Waals surface area contributed by atoms with Crippen molar-refractivity contribution in [3.63, 3.8) is 0 Å². The molecule has 1 fully saturated rings. The van der Waals surface area contributed by atoms with E-state index in [2.05, 4.69) is 30.8 Å². The molecule has 0 amide bonds. The Hall–Kier alpha value is -1.07. The number of aryl methyl sites for hydroxylation is 2. The molecule has 1 aliphatic heterocycles. The Bertz CT molecular complexity index is 433. The Kier molecular flexibility index (Phi) is 5.05. The molecule has 1 aromatic heterocycles. The molecule has 1 unspecified atom stereocenters. The van der Waals surface area contributed by atoms with Crippen LogP contribution >= 0.6 is 0 Å². The number of piperidine rings is 1. The normalized spacial score (nSPS) is 18.6. The average Bonchev–Trinajstić information content (AvgIpc) is 2.65. The first kappa shape index (κ1) is 15.3. The lowest BCUT2D eigenvalue weighted by molar-refractivity contribution is 0.0457. The van der Waals surface area contributed by atoms with Gasteiger partial charge in [-0.3, -0.25) is 4.68 Å². The SMILES string of the molecule is CCOC1CCN(c2c(CC(C)N)c(C)nn2C)CC1. The molecule has 0 spiro atoms. The molecule has 2 N–H and O–H groups in total. The van der Waals surface area contributed by atoms with E-state index in [-0.39, 0.29) is 6.04 Å². The Labute approximate surface area is 122 Å². The Morgan fingerprint density at radius 2 is 2.05 bits per heavy atom. The zero-order valence-corrected chi connectivity index (χ0v) is 13.2. The van der Waals surface area contributed by atoms with Crippen molar-refractivity contribution in [2.75, 3.05) is 24.6 Å². The van der Waals surface area contributed by atoms with Crippen LogP contribution in [0.1, 0.15) is 37.9 Å². The van der Waals surface area contributed by atoms with Gasteiger partial charge in [0.1, 0.15) is 5.82 Å².